The Bertz CT molecular complexity index is 421. The average molecular weight is 289 g/mol. The molecule has 1 aliphatic heterocycles. The molecule has 98 valence electrons. The Morgan fingerprint density at radius 1 is 1.44 bits per heavy atom. The molecule has 1 amide bonds. The summed E-state index contributed by atoms with van der Waals surface area (Å²) in [6.07, 6.45) is 3.22. The highest BCUT2D eigenvalue weighted by Crippen LogP contribution is 2.19. The normalized spacial score (nSPS) is 16.7. The van der Waals surface area contributed by atoms with E-state index in [9.17, 15) is 4.79 Å². The minimum absolute atomic E-state index is 0.0156. The van der Waals surface area contributed by atoms with Gasteiger partial charge in [-0.1, -0.05) is 11.6 Å². The van der Waals surface area contributed by atoms with Gasteiger partial charge in [-0.3, -0.25) is 4.79 Å². The van der Waals surface area contributed by atoms with Crippen molar-refractivity contribution in [2.24, 2.45) is 0 Å². The lowest BCUT2D eigenvalue weighted by Crippen LogP contribution is -2.45. The van der Waals surface area contributed by atoms with Crippen molar-refractivity contribution >= 4 is 34.9 Å². The molecule has 1 fully saturated rings. The molecule has 1 aliphatic rings. The Balaban J connectivity index is 1.88. The zero-order chi connectivity index (χ0) is 13.0. The van der Waals surface area contributed by atoms with E-state index in [1.165, 1.54) is 6.33 Å². The molecule has 0 bridgehead atoms. The topological polar surface area (TPSA) is 58.1 Å². The summed E-state index contributed by atoms with van der Waals surface area (Å²) in [5.41, 5.74) is 0. The number of carbonyl (C=O) groups excluding carboxylic acids is 1. The fourth-order valence-corrected chi connectivity index (χ4v) is 2.23. The van der Waals surface area contributed by atoms with Crippen molar-refractivity contribution in [1.29, 1.82) is 0 Å². The van der Waals surface area contributed by atoms with E-state index in [0.29, 0.717) is 5.15 Å². The van der Waals surface area contributed by atoms with E-state index in [2.05, 4.69) is 20.2 Å². The van der Waals surface area contributed by atoms with Crippen LogP contribution in [-0.2, 0) is 4.79 Å². The number of nitrogens with zero attached hydrogens (tertiary/aromatic N) is 3. The molecule has 1 N–H and O–H groups in total. The molecule has 0 unspecified atom stereocenters. The van der Waals surface area contributed by atoms with Crippen molar-refractivity contribution in [3.05, 3.63) is 17.5 Å². The minimum atomic E-state index is -0.111. The molecular formula is C11H14Cl2N4O. The SMILES string of the molecule is O=C(CCl)NC1CCN(c2cc(Cl)ncn2)CC1. The molecule has 1 aromatic rings. The van der Waals surface area contributed by atoms with Gasteiger partial charge >= 0.3 is 0 Å². The van der Waals surface area contributed by atoms with Gasteiger partial charge in [-0.05, 0) is 12.8 Å². The Kier molecular flexibility index (Phi) is 4.60. The van der Waals surface area contributed by atoms with Crippen LogP contribution in [-0.4, -0.2) is 40.9 Å². The Labute approximate surface area is 115 Å². The lowest BCUT2D eigenvalue weighted by molar-refractivity contribution is -0.119. The van der Waals surface area contributed by atoms with Crippen molar-refractivity contribution in [2.75, 3.05) is 23.9 Å². The second kappa shape index (κ2) is 6.20. The number of halogens is 2. The van der Waals surface area contributed by atoms with E-state index in [1.807, 2.05) is 0 Å². The minimum Gasteiger partial charge on any atom is -0.356 e. The molecule has 7 heteroatoms. The number of amides is 1. The number of alkyl halides is 1. The van der Waals surface area contributed by atoms with Gasteiger partial charge in [-0.25, -0.2) is 9.97 Å². The monoisotopic (exact) mass is 288 g/mol. The Hall–Kier alpha value is -1.07. The summed E-state index contributed by atoms with van der Waals surface area (Å²) < 4.78 is 0. The molecule has 0 spiro atoms. The maximum atomic E-state index is 11.2. The first-order valence-electron chi connectivity index (χ1n) is 5.77. The summed E-state index contributed by atoms with van der Waals surface area (Å²) in [5.74, 6) is 0.735. The summed E-state index contributed by atoms with van der Waals surface area (Å²) in [6.45, 7) is 1.67. The van der Waals surface area contributed by atoms with Crippen molar-refractivity contribution in [2.45, 2.75) is 18.9 Å². The summed E-state index contributed by atoms with van der Waals surface area (Å²) >= 11 is 11.3. The van der Waals surface area contributed by atoms with Gasteiger partial charge in [0.2, 0.25) is 5.91 Å². The molecule has 0 aromatic carbocycles. The number of hydrogen-bond acceptors (Lipinski definition) is 4. The maximum absolute atomic E-state index is 11.2. The summed E-state index contributed by atoms with van der Waals surface area (Å²) in [7, 11) is 0. The van der Waals surface area contributed by atoms with Crippen LogP contribution in [0.15, 0.2) is 12.4 Å². The van der Waals surface area contributed by atoms with Gasteiger partial charge in [-0.15, -0.1) is 11.6 Å². The van der Waals surface area contributed by atoms with Crippen LogP contribution in [0.4, 0.5) is 5.82 Å². The average Bonchev–Trinajstić information content (AvgIpc) is 2.39. The molecule has 18 heavy (non-hydrogen) atoms. The van der Waals surface area contributed by atoms with Gasteiger partial charge in [0.05, 0.1) is 0 Å². The number of aromatic nitrogens is 2. The van der Waals surface area contributed by atoms with Gasteiger partial charge in [0.15, 0.2) is 0 Å². The quantitative estimate of drug-likeness (QED) is 0.676. The summed E-state index contributed by atoms with van der Waals surface area (Å²) in [6, 6.07) is 1.95. The highest BCUT2D eigenvalue weighted by molar-refractivity contribution is 6.29. The Morgan fingerprint density at radius 3 is 2.78 bits per heavy atom. The number of piperidine rings is 1. The molecule has 2 heterocycles. The fourth-order valence-electron chi connectivity index (χ4n) is 2.02. The van der Waals surface area contributed by atoms with Gasteiger partial charge in [0, 0.05) is 25.2 Å². The molecule has 0 atom stereocenters. The second-order valence-corrected chi connectivity index (χ2v) is 4.82. The van der Waals surface area contributed by atoms with E-state index in [1.54, 1.807) is 6.07 Å². The van der Waals surface area contributed by atoms with Crippen LogP contribution in [0, 0.1) is 0 Å². The Morgan fingerprint density at radius 2 is 2.17 bits per heavy atom. The number of carbonyl (C=O) groups is 1. The van der Waals surface area contributed by atoms with Gasteiger partial charge in [0.1, 0.15) is 23.2 Å². The third kappa shape index (κ3) is 3.46. The van der Waals surface area contributed by atoms with Gasteiger partial charge in [0.25, 0.3) is 0 Å². The zero-order valence-corrected chi connectivity index (χ0v) is 11.3. The molecular weight excluding hydrogens is 275 g/mol. The highest BCUT2D eigenvalue weighted by atomic mass is 35.5. The predicted octanol–water partition coefficient (Wildman–Crippen LogP) is 1.45. The van der Waals surface area contributed by atoms with Crippen LogP contribution >= 0.6 is 23.2 Å². The van der Waals surface area contributed by atoms with Crippen LogP contribution in [0.2, 0.25) is 5.15 Å². The molecule has 1 saturated heterocycles. The highest BCUT2D eigenvalue weighted by Gasteiger charge is 2.21. The maximum Gasteiger partial charge on any atom is 0.235 e. The van der Waals surface area contributed by atoms with E-state index >= 15 is 0 Å². The first-order chi connectivity index (χ1) is 8.69. The van der Waals surface area contributed by atoms with Crippen LogP contribution in [0.3, 0.4) is 0 Å². The fraction of sp³-hybridized carbons (Fsp3) is 0.545. The van der Waals surface area contributed by atoms with Crippen LogP contribution in [0.25, 0.3) is 0 Å². The van der Waals surface area contributed by atoms with Crippen LogP contribution < -0.4 is 10.2 Å². The summed E-state index contributed by atoms with van der Waals surface area (Å²) in [4.78, 5) is 21.4. The van der Waals surface area contributed by atoms with Gasteiger partial charge in [-0.2, -0.15) is 0 Å². The van der Waals surface area contributed by atoms with Crippen molar-refractivity contribution in [3.8, 4) is 0 Å². The van der Waals surface area contributed by atoms with Crippen LogP contribution in [0.1, 0.15) is 12.8 Å². The third-order valence-corrected chi connectivity index (χ3v) is 3.37. The van der Waals surface area contributed by atoms with Crippen molar-refractivity contribution in [3.63, 3.8) is 0 Å². The number of rotatable bonds is 3. The standard InChI is InChI=1S/C11H14Cl2N4O/c12-6-11(18)16-8-1-3-17(4-2-8)10-5-9(13)14-7-15-10/h5,7-8H,1-4,6H2,(H,16,18). The second-order valence-electron chi connectivity index (χ2n) is 4.16. The molecule has 5 nitrogen and oxygen atoms in total. The van der Waals surface area contributed by atoms with E-state index in [0.717, 1.165) is 31.7 Å². The van der Waals surface area contributed by atoms with Gasteiger partial charge < -0.3 is 10.2 Å². The molecule has 2 rings (SSSR count). The number of nitrogens with one attached hydrogen (secondary N) is 1. The van der Waals surface area contributed by atoms with Crippen LogP contribution in [0.5, 0.6) is 0 Å². The largest absolute Gasteiger partial charge is 0.356 e. The molecule has 0 radical (unpaired) electrons. The molecule has 1 aromatic heterocycles. The lowest BCUT2D eigenvalue weighted by atomic mass is 10.1. The smallest absolute Gasteiger partial charge is 0.235 e. The van der Waals surface area contributed by atoms with Crippen molar-refractivity contribution < 1.29 is 4.79 Å². The van der Waals surface area contributed by atoms with E-state index < -0.39 is 0 Å². The number of hydrogen-bond donors (Lipinski definition) is 1. The molecule has 0 aliphatic carbocycles. The van der Waals surface area contributed by atoms with E-state index in [4.69, 9.17) is 23.2 Å². The molecule has 0 saturated carbocycles. The van der Waals surface area contributed by atoms with E-state index in [-0.39, 0.29) is 17.8 Å². The predicted molar refractivity (Wildman–Crippen MR) is 71.1 cm³/mol. The summed E-state index contributed by atoms with van der Waals surface area (Å²) in [5, 5.41) is 3.34. The first-order valence-corrected chi connectivity index (χ1v) is 6.68. The first kappa shape index (κ1) is 13.4. The number of anilines is 1. The lowest BCUT2D eigenvalue weighted by Gasteiger charge is -2.32. The zero-order valence-electron chi connectivity index (χ0n) is 9.77. The van der Waals surface area contributed by atoms with Crippen molar-refractivity contribution in [1.82, 2.24) is 15.3 Å². The third-order valence-electron chi connectivity index (χ3n) is 2.92.